The number of benzene rings is 1. The first kappa shape index (κ1) is 22.6. The van der Waals surface area contributed by atoms with E-state index in [1.807, 2.05) is 58.9 Å². The fourth-order valence-electron chi connectivity index (χ4n) is 3.29. The van der Waals surface area contributed by atoms with Crippen molar-refractivity contribution in [2.75, 3.05) is 11.9 Å². The third kappa shape index (κ3) is 5.55. The molecule has 2 amide bonds. The predicted molar refractivity (Wildman–Crippen MR) is 122 cm³/mol. The van der Waals surface area contributed by atoms with Gasteiger partial charge in [0.2, 0.25) is 11.8 Å². The van der Waals surface area contributed by atoms with E-state index in [4.69, 9.17) is 0 Å². The van der Waals surface area contributed by atoms with Gasteiger partial charge < -0.3 is 10.6 Å². The molecule has 162 valence electrons. The van der Waals surface area contributed by atoms with Crippen LogP contribution in [-0.2, 0) is 16.0 Å². The quantitative estimate of drug-likeness (QED) is 0.558. The van der Waals surface area contributed by atoms with Crippen molar-refractivity contribution in [3.05, 3.63) is 62.6 Å². The Bertz CT molecular complexity index is 1130. The number of anilines is 1. The van der Waals surface area contributed by atoms with E-state index in [1.165, 1.54) is 0 Å². The van der Waals surface area contributed by atoms with Gasteiger partial charge in [-0.3, -0.25) is 9.59 Å². The fraction of sp³-hybridized carbons (Fsp3) is 0.318. The molecule has 0 saturated heterocycles. The molecule has 2 heterocycles. The first-order chi connectivity index (χ1) is 14.6. The standard InChI is InChI=1S/C22H25BrN6O2/c1-12-8-17(23)6-7-19(12)27-21(31)11-24-20(30)10-18-15(4)28-29(16(18)5)22-25-13(2)9-14(3)26-22/h6-9H,10-11H2,1-5H3,(H,24,30)(H,27,31). The van der Waals surface area contributed by atoms with E-state index in [9.17, 15) is 9.59 Å². The van der Waals surface area contributed by atoms with Crippen LogP contribution in [0.2, 0.25) is 0 Å². The number of carbonyl (C=O) groups is 2. The number of nitrogens with one attached hydrogen (secondary N) is 2. The molecule has 0 aliphatic heterocycles. The van der Waals surface area contributed by atoms with Crippen LogP contribution in [0.5, 0.6) is 0 Å². The predicted octanol–water partition coefficient (Wildman–Crippen LogP) is 3.26. The van der Waals surface area contributed by atoms with E-state index in [-0.39, 0.29) is 24.8 Å². The summed E-state index contributed by atoms with van der Waals surface area (Å²) in [5, 5.41) is 10.00. The number of amides is 2. The van der Waals surface area contributed by atoms with E-state index >= 15 is 0 Å². The molecule has 9 heteroatoms. The van der Waals surface area contributed by atoms with Crippen molar-refractivity contribution in [3.63, 3.8) is 0 Å². The van der Waals surface area contributed by atoms with E-state index in [2.05, 4.69) is 41.6 Å². The highest BCUT2D eigenvalue weighted by Gasteiger charge is 2.18. The summed E-state index contributed by atoms with van der Waals surface area (Å²) in [5.41, 5.74) is 5.66. The van der Waals surface area contributed by atoms with Crippen molar-refractivity contribution >= 4 is 33.4 Å². The fourth-order valence-corrected chi connectivity index (χ4v) is 3.77. The van der Waals surface area contributed by atoms with Crippen molar-refractivity contribution in [2.45, 2.75) is 41.0 Å². The Kier molecular flexibility index (Phi) is 6.84. The lowest BCUT2D eigenvalue weighted by Crippen LogP contribution is -2.34. The topological polar surface area (TPSA) is 102 Å². The van der Waals surface area contributed by atoms with Crippen LogP contribution in [-0.4, -0.2) is 38.1 Å². The van der Waals surface area contributed by atoms with Gasteiger partial charge in [0, 0.05) is 32.8 Å². The van der Waals surface area contributed by atoms with Crippen molar-refractivity contribution in [2.24, 2.45) is 0 Å². The van der Waals surface area contributed by atoms with Gasteiger partial charge in [0.15, 0.2) is 0 Å². The maximum atomic E-state index is 12.5. The summed E-state index contributed by atoms with van der Waals surface area (Å²) >= 11 is 3.39. The van der Waals surface area contributed by atoms with Gasteiger partial charge in [0.05, 0.1) is 18.7 Å². The molecule has 0 aliphatic carbocycles. The minimum absolute atomic E-state index is 0.110. The molecular formula is C22H25BrN6O2. The maximum absolute atomic E-state index is 12.5. The molecule has 1 aromatic carbocycles. The number of nitrogens with zero attached hydrogens (tertiary/aromatic N) is 4. The number of aromatic nitrogens is 4. The van der Waals surface area contributed by atoms with Crippen LogP contribution in [0.15, 0.2) is 28.7 Å². The zero-order valence-electron chi connectivity index (χ0n) is 18.2. The summed E-state index contributed by atoms with van der Waals surface area (Å²) in [5.74, 6) is -0.0599. The Balaban J connectivity index is 1.64. The number of hydrogen-bond donors (Lipinski definition) is 2. The molecule has 0 fully saturated rings. The van der Waals surface area contributed by atoms with Gasteiger partial charge in [-0.2, -0.15) is 5.10 Å². The Morgan fingerprint density at radius 3 is 2.32 bits per heavy atom. The number of rotatable bonds is 6. The average Bonchev–Trinajstić information content (AvgIpc) is 2.96. The third-order valence-electron chi connectivity index (χ3n) is 4.85. The van der Waals surface area contributed by atoms with Gasteiger partial charge in [0.25, 0.3) is 5.95 Å². The molecule has 8 nitrogen and oxygen atoms in total. The zero-order chi connectivity index (χ0) is 22.7. The van der Waals surface area contributed by atoms with Crippen molar-refractivity contribution in [1.29, 1.82) is 0 Å². The highest BCUT2D eigenvalue weighted by atomic mass is 79.9. The van der Waals surface area contributed by atoms with Crippen LogP contribution >= 0.6 is 15.9 Å². The largest absolute Gasteiger partial charge is 0.347 e. The van der Waals surface area contributed by atoms with E-state index < -0.39 is 0 Å². The van der Waals surface area contributed by atoms with Gasteiger partial charge in [0.1, 0.15) is 0 Å². The average molecular weight is 485 g/mol. The van der Waals surface area contributed by atoms with Crippen LogP contribution in [0.1, 0.15) is 33.9 Å². The number of aryl methyl sites for hydroxylation is 4. The SMILES string of the molecule is Cc1cc(C)nc(-n2nc(C)c(CC(=O)NCC(=O)Nc3ccc(Br)cc3C)c2C)n1. The van der Waals surface area contributed by atoms with Gasteiger partial charge in [-0.15, -0.1) is 0 Å². The summed E-state index contributed by atoms with van der Waals surface area (Å²) in [7, 11) is 0. The van der Waals surface area contributed by atoms with Crippen molar-refractivity contribution in [3.8, 4) is 5.95 Å². The zero-order valence-corrected chi connectivity index (χ0v) is 19.8. The normalized spacial score (nSPS) is 10.8. The molecule has 0 spiro atoms. The summed E-state index contributed by atoms with van der Waals surface area (Å²) in [6.07, 6.45) is 0.118. The lowest BCUT2D eigenvalue weighted by atomic mass is 10.1. The van der Waals surface area contributed by atoms with Gasteiger partial charge >= 0.3 is 0 Å². The highest BCUT2D eigenvalue weighted by molar-refractivity contribution is 9.10. The summed E-state index contributed by atoms with van der Waals surface area (Å²) < 4.78 is 2.59. The molecule has 3 aromatic rings. The molecule has 0 unspecified atom stereocenters. The molecular weight excluding hydrogens is 460 g/mol. The molecule has 31 heavy (non-hydrogen) atoms. The second-order valence-corrected chi connectivity index (χ2v) is 8.39. The first-order valence-electron chi connectivity index (χ1n) is 9.84. The van der Waals surface area contributed by atoms with Crippen LogP contribution < -0.4 is 10.6 Å². The Labute approximate surface area is 189 Å². The Morgan fingerprint density at radius 1 is 1.00 bits per heavy atom. The Morgan fingerprint density at radius 2 is 1.68 bits per heavy atom. The molecule has 0 aliphatic rings. The first-order valence-corrected chi connectivity index (χ1v) is 10.6. The molecule has 2 N–H and O–H groups in total. The molecule has 0 radical (unpaired) electrons. The van der Waals surface area contributed by atoms with Crippen molar-refractivity contribution < 1.29 is 9.59 Å². The van der Waals surface area contributed by atoms with E-state index in [0.717, 1.165) is 38.4 Å². The molecule has 0 bridgehead atoms. The van der Waals surface area contributed by atoms with Gasteiger partial charge in [-0.25, -0.2) is 14.6 Å². The van der Waals surface area contributed by atoms with Crippen LogP contribution in [0.25, 0.3) is 5.95 Å². The summed E-state index contributed by atoms with van der Waals surface area (Å²) in [6, 6.07) is 7.47. The van der Waals surface area contributed by atoms with Crippen LogP contribution in [0.4, 0.5) is 5.69 Å². The number of halogens is 1. The number of hydrogen-bond acceptors (Lipinski definition) is 5. The lowest BCUT2D eigenvalue weighted by molar-refractivity contribution is -0.123. The minimum atomic E-state index is -0.286. The number of carbonyl (C=O) groups excluding carboxylic acids is 2. The van der Waals surface area contributed by atoms with E-state index in [1.54, 1.807) is 4.68 Å². The monoisotopic (exact) mass is 484 g/mol. The second-order valence-electron chi connectivity index (χ2n) is 7.47. The lowest BCUT2D eigenvalue weighted by Gasteiger charge is -2.10. The van der Waals surface area contributed by atoms with Gasteiger partial charge in [-0.1, -0.05) is 15.9 Å². The van der Waals surface area contributed by atoms with Crippen LogP contribution in [0, 0.1) is 34.6 Å². The van der Waals surface area contributed by atoms with Gasteiger partial charge in [-0.05, 0) is 64.4 Å². The Hall–Kier alpha value is -3.07. The smallest absolute Gasteiger partial charge is 0.251 e. The maximum Gasteiger partial charge on any atom is 0.251 e. The molecule has 0 atom stereocenters. The third-order valence-corrected chi connectivity index (χ3v) is 5.34. The second kappa shape index (κ2) is 9.38. The minimum Gasteiger partial charge on any atom is -0.347 e. The molecule has 2 aromatic heterocycles. The van der Waals surface area contributed by atoms with E-state index in [0.29, 0.717) is 11.6 Å². The van der Waals surface area contributed by atoms with Crippen molar-refractivity contribution in [1.82, 2.24) is 25.1 Å². The summed E-state index contributed by atoms with van der Waals surface area (Å²) in [4.78, 5) is 33.6. The van der Waals surface area contributed by atoms with Crippen LogP contribution in [0.3, 0.4) is 0 Å². The molecule has 0 saturated carbocycles. The molecule has 3 rings (SSSR count). The highest BCUT2D eigenvalue weighted by Crippen LogP contribution is 2.20. The summed E-state index contributed by atoms with van der Waals surface area (Å²) in [6.45, 7) is 9.32.